The summed E-state index contributed by atoms with van der Waals surface area (Å²) in [6.45, 7) is 5.54. The second-order valence-corrected chi connectivity index (χ2v) is 4.11. The van der Waals surface area contributed by atoms with Gasteiger partial charge in [0.25, 0.3) is 0 Å². The Morgan fingerprint density at radius 3 is 2.56 bits per heavy atom. The highest BCUT2D eigenvalue weighted by molar-refractivity contribution is 5.85. The Kier molecular flexibility index (Phi) is 7.54. The average Bonchev–Trinajstić information content (AvgIpc) is 2.85. The molecule has 0 saturated carbocycles. The molecule has 1 amide bonds. The lowest BCUT2D eigenvalue weighted by atomic mass is 9.81. The molecule has 6 nitrogen and oxygen atoms in total. The van der Waals surface area contributed by atoms with E-state index in [0.717, 1.165) is 12.8 Å². The number of nitrogens with one attached hydrogen (secondary N) is 1. The molecule has 1 aromatic rings. The first kappa shape index (κ1) is 16.9. The van der Waals surface area contributed by atoms with Crippen LogP contribution in [0.5, 0.6) is 0 Å². The van der Waals surface area contributed by atoms with Crippen LogP contribution >= 0.6 is 12.4 Å². The molecule has 3 N–H and O–H groups in total. The van der Waals surface area contributed by atoms with Crippen molar-refractivity contribution in [2.75, 3.05) is 13.1 Å². The summed E-state index contributed by atoms with van der Waals surface area (Å²) >= 11 is 0. The van der Waals surface area contributed by atoms with Crippen molar-refractivity contribution >= 4 is 18.3 Å². The van der Waals surface area contributed by atoms with E-state index in [9.17, 15) is 4.79 Å². The smallest absolute Gasteiger partial charge is 0.227 e. The van der Waals surface area contributed by atoms with Gasteiger partial charge in [0.05, 0.1) is 12.0 Å². The molecular formula is C11H22ClN5O. The van der Waals surface area contributed by atoms with E-state index in [4.69, 9.17) is 5.73 Å². The first-order chi connectivity index (χ1) is 8.18. The standard InChI is InChI=1S/C11H21N5O.ClH/c1-3-11(4-2,7-12)10(17)14-5-6-16-9-13-8-15-16;/h8-9H,3-7,12H2,1-2H3,(H,14,17);1H. The lowest BCUT2D eigenvalue weighted by Crippen LogP contribution is -2.46. The third-order valence-corrected chi connectivity index (χ3v) is 3.32. The number of amides is 1. The normalized spacial score (nSPS) is 10.8. The summed E-state index contributed by atoms with van der Waals surface area (Å²) in [5.41, 5.74) is 5.28. The average molecular weight is 276 g/mol. The van der Waals surface area contributed by atoms with Crippen LogP contribution in [0.1, 0.15) is 26.7 Å². The van der Waals surface area contributed by atoms with Crippen LogP contribution in [-0.2, 0) is 11.3 Å². The number of rotatable bonds is 7. The van der Waals surface area contributed by atoms with Crippen LogP contribution in [0.25, 0.3) is 0 Å². The Morgan fingerprint density at radius 1 is 1.44 bits per heavy atom. The summed E-state index contributed by atoms with van der Waals surface area (Å²) < 4.78 is 1.68. The lowest BCUT2D eigenvalue weighted by Gasteiger charge is -2.28. The fourth-order valence-electron chi connectivity index (χ4n) is 1.77. The summed E-state index contributed by atoms with van der Waals surface area (Å²) in [6, 6.07) is 0. The monoisotopic (exact) mass is 275 g/mol. The van der Waals surface area contributed by atoms with E-state index in [1.165, 1.54) is 6.33 Å². The fourth-order valence-corrected chi connectivity index (χ4v) is 1.77. The minimum absolute atomic E-state index is 0. The predicted molar refractivity (Wildman–Crippen MR) is 72.3 cm³/mol. The summed E-state index contributed by atoms with van der Waals surface area (Å²) in [5, 5.41) is 6.87. The van der Waals surface area contributed by atoms with Gasteiger partial charge in [-0.3, -0.25) is 9.48 Å². The van der Waals surface area contributed by atoms with Crippen LogP contribution in [0.4, 0.5) is 0 Å². The number of hydrogen-bond donors (Lipinski definition) is 2. The van der Waals surface area contributed by atoms with Gasteiger partial charge in [0.15, 0.2) is 0 Å². The zero-order valence-corrected chi connectivity index (χ0v) is 11.7. The highest BCUT2D eigenvalue weighted by Crippen LogP contribution is 2.24. The van der Waals surface area contributed by atoms with Gasteiger partial charge in [-0.15, -0.1) is 12.4 Å². The molecule has 0 bridgehead atoms. The Morgan fingerprint density at radius 2 is 2.11 bits per heavy atom. The molecule has 1 heterocycles. The molecule has 18 heavy (non-hydrogen) atoms. The minimum Gasteiger partial charge on any atom is -0.354 e. The molecule has 0 spiro atoms. The van der Waals surface area contributed by atoms with Crippen molar-refractivity contribution in [3.05, 3.63) is 12.7 Å². The molecule has 0 unspecified atom stereocenters. The van der Waals surface area contributed by atoms with Gasteiger partial charge < -0.3 is 11.1 Å². The largest absolute Gasteiger partial charge is 0.354 e. The molecule has 1 rings (SSSR count). The summed E-state index contributed by atoms with van der Waals surface area (Å²) in [4.78, 5) is 15.9. The number of hydrogen-bond acceptors (Lipinski definition) is 4. The van der Waals surface area contributed by atoms with Crippen molar-refractivity contribution < 1.29 is 4.79 Å². The van der Waals surface area contributed by atoms with E-state index in [0.29, 0.717) is 19.6 Å². The molecule has 0 atom stereocenters. The highest BCUT2D eigenvalue weighted by atomic mass is 35.5. The first-order valence-electron chi connectivity index (χ1n) is 5.99. The van der Waals surface area contributed by atoms with Crippen LogP contribution in [0.3, 0.4) is 0 Å². The second-order valence-electron chi connectivity index (χ2n) is 4.11. The molecule has 1 aromatic heterocycles. The fraction of sp³-hybridized carbons (Fsp3) is 0.727. The van der Waals surface area contributed by atoms with Gasteiger partial charge in [0.1, 0.15) is 12.7 Å². The van der Waals surface area contributed by atoms with Gasteiger partial charge in [0, 0.05) is 13.1 Å². The molecule has 0 aromatic carbocycles. The summed E-state index contributed by atoms with van der Waals surface area (Å²) in [6.07, 6.45) is 4.62. The van der Waals surface area contributed by atoms with Crippen molar-refractivity contribution in [2.24, 2.45) is 11.1 Å². The van der Waals surface area contributed by atoms with Crippen LogP contribution in [0.2, 0.25) is 0 Å². The Balaban J connectivity index is 0.00000289. The van der Waals surface area contributed by atoms with Gasteiger partial charge in [-0.25, -0.2) is 4.98 Å². The third kappa shape index (κ3) is 3.96. The number of aromatic nitrogens is 3. The zero-order chi connectivity index (χ0) is 12.7. The van der Waals surface area contributed by atoms with Gasteiger partial charge in [0.2, 0.25) is 5.91 Å². The predicted octanol–water partition coefficient (Wildman–Crippen LogP) is 0.581. The number of nitrogens with zero attached hydrogens (tertiary/aromatic N) is 3. The van der Waals surface area contributed by atoms with E-state index in [2.05, 4.69) is 15.4 Å². The number of nitrogens with two attached hydrogens (primary N) is 1. The maximum Gasteiger partial charge on any atom is 0.227 e. The van der Waals surface area contributed by atoms with Crippen molar-refractivity contribution in [3.63, 3.8) is 0 Å². The van der Waals surface area contributed by atoms with Gasteiger partial charge in [-0.2, -0.15) is 5.10 Å². The van der Waals surface area contributed by atoms with E-state index < -0.39 is 5.41 Å². The molecule has 104 valence electrons. The van der Waals surface area contributed by atoms with Gasteiger partial charge >= 0.3 is 0 Å². The van der Waals surface area contributed by atoms with Crippen molar-refractivity contribution in [2.45, 2.75) is 33.2 Å². The molecule has 0 aliphatic heterocycles. The molecule has 0 aliphatic carbocycles. The Bertz CT molecular complexity index is 329. The quantitative estimate of drug-likeness (QED) is 0.762. The maximum absolute atomic E-state index is 12.1. The van der Waals surface area contributed by atoms with Gasteiger partial charge in [-0.1, -0.05) is 13.8 Å². The highest BCUT2D eigenvalue weighted by Gasteiger charge is 2.32. The van der Waals surface area contributed by atoms with Crippen LogP contribution in [0.15, 0.2) is 12.7 Å². The SMILES string of the molecule is CCC(CC)(CN)C(=O)NCCn1cncn1.Cl. The van der Waals surface area contributed by atoms with Crippen molar-refractivity contribution in [1.82, 2.24) is 20.1 Å². The molecule has 7 heteroatoms. The van der Waals surface area contributed by atoms with E-state index >= 15 is 0 Å². The van der Waals surface area contributed by atoms with E-state index in [-0.39, 0.29) is 18.3 Å². The Labute approximate surface area is 114 Å². The minimum atomic E-state index is -0.428. The second kappa shape index (κ2) is 8.05. The number of carbonyl (C=O) groups is 1. The topological polar surface area (TPSA) is 85.8 Å². The number of carbonyl (C=O) groups excluding carboxylic acids is 1. The molecule has 0 radical (unpaired) electrons. The molecule has 0 aliphatic rings. The van der Waals surface area contributed by atoms with Gasteiger partial charge in [-0.05, 0) is 12.8 Å². The van der Waals surface area contributed by atoms with Crippen molar-refractivity contribution in [1.29, 1.82) is 0 Å². The summed E-state index contributed by atoms with van der Waals surface area (Å²) in [7, 11) is 0. The van der Waals surface area contributed by atoms with E-state index in [1.54, 1.807) is 11.0 Å². The van der Waals surface area contributed by atoms with Crippen LogP contribution in [-0.4, -0.2) is 33.8 Å². The Hall–Kier alpha value is -1.14. The van der Waals surface area contributed by atoms with Crippen LogP contribution < -0.4 is 11.1 Å². The molecule has 0 saturated heterocycles. The van der Waals surface area contributed by atoms with Crippen LogP contribution in [0, 0.1) is 5.41 Å². The summed E-state index contributed by atoms with van der Waals surface area (Å²) in [5.74, 6) is 0.0325. The molecular weight excluding hydrogens is 254 g/mol. The lowest BCUT2D eigenvalue weighted by molar-refractivity contribution is -0.131. The third-order valence-electron chi connectivity index (χ3n) is 3.32. The van der Waals surface area contributed by atoms with Crippen molar-refractivity contribution in [3.8, 4) is 0 Å². The zero-order valence-electron chi connectivity index (χ0n) is 10.9. The number of halogens is 1. The first-order valence-corrected chi connectivity index (χ1v) is 5.99. The van der Waals surface area contributed by atoms with E-state index in [1.807, 2.05) is 13.8 Å². The molecule has 0 fully saturated rings. The maximum atomic E-state index is 12.1.